The van der Waals surface area contributed by atoms with E-state index in [4.69, 9.17) is 51.1 Å². The SMILES string of the molecule is CO[C@]12C=C[C@H](CC1=O)c1c(Cl)c(Cl)c(Cl)c(Cl)c12. The Kier molecular flexibility index (Phi) is 3.16. The quantitative estimate of drug-likeness (QED) is 0.419. The highest BCUT2D eigenvalue weighted by Gasteiger charge is 2.51. The van der Waals surface area contributed by atoms with Gasteiger partial charge in [-0.2, -0.15) is 0 Å². The summed E-state index contributed by atoms with van der Waals surface area (Å²) in [6.45, 7) is 0. The van der Waals surface area contributed by atoms with Gasteiger partial charge in [0.2, 0.25) is 0 Å². The van der Waals surface area contributed by atoms with Crippen LogP contribution in [0, 0.1) is 0 Å². The van der Waals surface area contributed by atoms with E-state index in [0.29, 0.717) is 17.0 Å². The van der Waals surface area contributed by atoms with Crippen molar-refractivity contribution < 1.29 is 9.53 Å². The largest absolute Gasteiger partial charge is 0.362 e. The molecule has 0 saturated carbocycles. The molecule has 19 heavy (non-hydrogen) atoms. The second-order valence-electron chi connectivity index (χ2n) is 4.58. The van der Waals surface area contributed by atoms with Gasteiger partial charge in [-0.15, -0.1) is 0 Å². The monoisotopic (exact) mass is 336 g/mol. The van der Waals surface area contributed by atoms with E-state index in [-0.39, 0.29) is 26.8 Å². The second-order valence-corrected chi connectivity index (χ2v) is 6.09. The molecular weight excluding hydrogens is 330 g/mol. The Hall–Kier alpha value is -0.250. The summed E-state index contributed by atoms with van der Waals surface area (Å²) in [7, 11) is 1.46. The summed E-state index contributed by atoms with van der Waals surface area (Å²) < 4.78 is 5.45. The number of ketones is 1. The molecule has 0 fully saturated rings. The third-order valence-electron chi connectivity index (χ3n) is 3.75. The van der Waals surface area contributed by atoms with Crippen LogP contribution >= 0.6 is 46.4 Å². The molecule has 0 radical (unpaired) electrons. The van der Waals surface area contributed by atoms with Crippen LogP contribution in [0.15, 0.2) is 12.2 Å². The lowest BCUT2D eigenvalue weighted by molar-refractivity contribution is -0.139. The minimum atomic E-state index is -1.20. The molecule has 100 valence electrons. The molecule has 0 saturated heterocycles. The smallest absolute Gasteiger partial charge is 0.174 e. The van der Waals surface area contributed by atoms with Crippen molar-refractivity contribution in [3.05, 3.63) is 43.4 Å². The highest BCUT2D eigenvalue weighted by Crippen LogP contribution is 2.56. The lowest BCUT2D eigenvalue weighted by Crippen LogP contribution is -2.44. The van der Waals surface area contributed by atoms with Gasteiger partial charge >= 0.3 is 0 Å². The van der Waals surface area contributed by atoms with Crippen molar-refractivity contribution >= 4 is 52.2 Å². The Labute approximate surface area is 130 Å². The standard InChI is InChI=1S/C13H8Cl4O2/c1-19-13-3-2-5(4-6(13)18)7-8(13)10(15)12(17)11(16)9(7)14/h2-3,5H,4H2,1H3/t5-,13-/m1/s1. The van der Waals surface area contributed by atoms with Crippen LogP contribution in [0.3, 0.4) is 0 Å². The van der Waals surface area contributed by atoms with Gasteiger partial charge in [-0.1, -0.05) is 52.5 Å². The number of allylic oxidation sites excluding steroid dienone is 1. The fourth-order valence-electron chi connectivity index (χ4n) is 2.83. The van der Waals surface area contributed by atoms with Gasteiger partial charge in [0.25, 0.3) is 0 Å². The number of hydrogen-bond acceptors (Lipinski definition) is 2. The number of ether oxygens (including phenoxy) is 1. The van der Waals surface area contributed by atoms with Gasteiger partial charge in [-0.05, 0) is 11.6 Å². The molecule has 2 nitrogen and oxygen atoms in total. The van der Waals surface area contributed by atoms with Crippen molar-refractivity contribution in [3.8, 4) is 0 Å². The summed E-state index contributed by atoms with van der Waals surface area (Å²) >= 11 is 24.7. The average Bonchev–Trinajstić information content (AvgIpc) is 2.42. The van der Waals surface area contributed by atoms with E-state index >= 15 is 0 Å². The maximum Gasteiger partial charge on any atom is 0.174 e. The van der Waals surface area contributed by atoms with Crippen molar-refractivity contribution in [2.45, 2.75) is 17.9 Å². The first-order chi connectivity index (χ1) is 8.94. The number of methoxy groups -OCH3 is 1. The Balaban J connectivity index is 2.45. The second kappa shape index (κ2) is 4.37. The third kappa shape index (κ3) is 1.58. The molecule has 2 atom stereocenters. The minimum absolute atomic E-state index is 0.0497. The first-order valence-corrected chi connectivity index (χ1v) is 7.09. The van der Waals surface area contributed by atoms with Gasteiger partial charge in [0.05, 0.1) is 20.1 Å². The molecule has 6 heteroatoms. The van der Waals surface area contributed by atoms with Gasteiger partial charge in [-0.3, -0.25) is 4.79 Å². The van der Waals surface area contributed by atoms with E-state index in [1.807, 2.05) is 6.08 Å². The van der Waals surface area contributed by atoms with E-state index in [0.717, 1.165) is 5.56 Å². The zero-order chi connectivity index (χ0) is 13.9. The van der Waals surface area contributed by atoms with Crippen LogP contribution in [0.2, 0.25) is 20.1 Å². The third-order valence-corrected chi connectivity index (χ3v) is 5.57. The van der Waals surface area contributed by atoms with Crippen molar-refractivity contribution in [3.63, 3.8) is 0 Å². The molecule has 0 amide bonds. The highest BCUT2D eigenvalue weighted by atomic mass is 35.5. The molecule has 0 spiro atoms. The zero-order valence-corrected chi connectivity index (χ0v) is 12.8. The molecule has 0 aliphatic heterocycles. The summed E-state index contributed by atoms with van der Waals surface area (Å²) in [6.07, 6.45) is 3.95. The predicted octanol–water partition coefficient (Wildman–Crippen LogP) is 4.77. The van der Waals surface area contributed by atoms with Crippen LogP contribution in [-0.2, 0) is 15.1 Å². The maximum atomic E-state index is 12.3. The fraction of sp³-hybridized carbons (Fsp3) is 0.308. The first-order valence-electron chi connectivity index (χ1n) is 5.58. The van der Waals surface area contributed by atoms with Gasteiger partial charge in [0.15, 0.2) is 11.4 Å². The van der Waals surface area contributed by atoms with E-state index in [2.05, 4.69) is 0 Å². The van der Waals surface area contributed by atoms with Crippen molar-refractivity contribution in [1.82, 2.24) is 0 Å². The lowest BCUT2D eigenvalue weighted by atomic mass is 9.67. The zero-order valence-electron chi connectivity index (χ0n) is 9.77. The number of Topliss-reactive ketones (excluding diaryl/α,β-unsaturated/α-hetero) is 1. The number of benzene rings is 1. The molecular formula is C13H8Cl4O2. The van der Waals surface area contributed by atoms with Crippen molar-refractivity contribution in [2.75, 3.05) is 7.11 Å². The summed E-state index contributed by atoms with van der Waals surface area (Å²) in [5.41, 5.74) is 0.0730. The predicted molar refractivity (Wildman–Crippen MR) is 76.7 cm³/mol. The molecule has 0 aromatic heterocycles. The first kappa shape index (κ1) is 13.7. The van der Waals surface area contributed by atoms with Gasteiger partial charge in [-0.25, -0.2) is 0 Å². The van der Waals surface area contributed by atoms with E-state index in [9.17, 15) is 4.79 Å². The Morgan fingerprint density at radius 3 is 2.37 bits per heavy atom. The van der Waals surface area contributed by atoms with Crippen LogP contribution in [0.4, 0.5) is 0 Å². The van der Waals surface area contributed by atoms with Gasteiger partial charge in [0.1, 0.15) is 0 Å². The number of fused-ring (bicyclic) bond motifs is 1. The number of carbonyl (C=O) groups is 1. The number of rotatable bonds is 1. The number of carbonyl (C=O) groups excluding carboxylic acids is 1. The topological polar surface area (TPSA) is 26.3 Å². The highest BCUT2D eigenvalue weighted by molar-refractivity contribution is 6.52. The normalized spacial score (nSPS) is 27.8. The van der Waals surface area contributed by atoms with Crippen LogP contribution in [0.5, 0.6) is 0 Å². The summed E-state index contributed by atoms with van der Waals surface area (Å²) in [5.74, 6) is -0.175. The Morgan fingerprint density at radius 1 is 1.16 bits per heavy atom. The molecule has 0 unspecified atom stereocenters. The van der Waals surface area contributed by atoms with E-state index in [1.165, 1.54) is 7.11 Å². The minimum Gasteiger partial charge on any atom is -0.362 e. The fourth-order valence-corrected chi connectivity index (χ4v) is 3.98. The number of hydrogen-bond donors (Lipinski definition) is 0. The van der Waals surface area contributed by atoms with Crippen LogP contribution in [-0.4, -0.2) is 12.9 Å². The summed E-state index contributed by atoms with van der Waals surface area (Å²) in [5, 5.41) is 0.939. The maximum absolute atomic E-state index is 12.3. The van der Waals surface area contributed by atoms with E-state index in [1.54, 1.807) is 6.08 Å². The Morgan fingerprint density at radius 2 is 1.79 bits per heavy atom. The molecule has 4 rings (SSSR count). The van der Waals surface area contributed by atoms with Gasteiger partial charge in [0, 0.05) is 25.0 Å². The van der Waals surface area contributed by atoms with Crippen LogP contribution < -0.4 is 0 Å². The van der Waals surface area contributed by atoms with Crippen LogP contribution in [0.25, 0.3) is 0 Å². The Bertz CT molecular complexity index is 638. The van der Waals surface area contributed by atoms with E-state index < -0.39 is 5.60 Å². The molecule has 0 heterocycles. The lowest BCUT2D eigenvalue weighted by Gasteiger charge is -2.42. The molecule has 2 bridgehead atoms. The molecule has 3 aliphatic rings. The molecule has 0 N–H and O–H groups in total. The average molecular weight is 338 g/mol. The van der Waals surface area contributed by atoms with Crippen LogP contribution in [0.1, 0.15) is 23.5 Å². The molecule has 1 aromatic rings. The van der Waals surface area contributed by atoms with Crippen molar-refractivity contribution in [1.29, 1.82) is 0 Å². The molecule has 3 aliphatic carbocycles. The number of halogens is 4. The summed E-state index contributed by atoms with van der Waals surface area (Å²) in [6, 6.07) is 0. The van der Waals surface area contributed by atoms with Crippen molar-refractivity contribution in [2.24, 2.45) is 0 Å². The summed E-state index contributed by atoms with van der Waals surface area (Å²) in [4.78, 5) is 12.3. The van der Waals surface area contributed by atoms with Gasteiger partial charge < -0.3 is 4.74 Å². The molecule has 1 aromatic carbocycles.